The highest BCUT2D eigenvalue weighted by Gasteiger charge is 2.53. The molecule has 0 unspecified atom stereocenters. The summed E-state index contributed by atoms with van der Waals surface area (Å²) < 4.78 is 50.0. The summed E-state index contributed by atoms with van der Waals surface area (Å²) in [6, 6.07) is 0.340. The number of cyclic esters (lactones) is 1. The summed E-state index contributed by atoms with van der Waals surface area (Å²) in [5.74, 6) is 1.05. The summed E-state index contributed by atoms with van der Waals surface area (Å²) in [4.78, 5) is 30.8. The Labute approximate surface area is 323 Å². The highest BCUT2D eigenvalue weighted by atomic mass is 16.7. The molecule has 3 heterocycles. The van der Waals surface area contributed by atoms with Crippen LogP contribution in [-0.4, -0.2) is 120 Å². The Morgan fingerprint density at radius 3 is 2.17 bits per heavy atom. The molecule has 0 aromatic heterocycles. The topological polar surface area (TPSA) is 111 Å². The van der Waals surface area contributed by atoms with Gasteiger partial charge in [-0.2, -0.15) is 0 Å². The minimum Gasteiger partial charge on any atom is -0.462 e. The number of hydrogen-bond donors (Lipinski definition) is 0. The van der Waals surface area contributed by atoms with Crippen molar-refractivity contribution < 1.29 is 47.5 Å². The van der Waals surface area contributed by atoms with Crippen molar-refractivity contribution in [1.82, 2.24) is 4.90 Å². The molecule has 3 aliphatic heterocycles. The molecule has 304 valence electrons. The van der Waals surface area contributed by atoms with E-state index in [1.54, 1.807) is 21.3 Å². The third-order valence-corrected chi connectivity index (χ3v) is 14.4. The van der Waals surface area contributed by atoms with Gasteiger partial charge in [0.2, 0.25) is 0 Å². The van der Waals surface area contributed by atoms with Crippen molar-refractivity contribution in [3.8, 4) is 0 Å². The van der Waals surface area contributed by atoms with E-state index in [2.05, 4.69) is 51.1 Å². The van der Waals surface area contributed by atoms with Gasteiger partial charge in [-0.25, -0.2) is 0 Å². The zero-order valence-corrected chi connectivity index (χ0v) is 34.1. The van der Waals surface area contributed by atoms with Crippen molar-refractivity contribution in [2.45, 2.75) is 153 Å². The Morgan fingerprint density at radius 2 is 1.50 bits per heavy atom. The molecule has 19 atom stereocenters. The maximum Gasteiger partial charge on any atom is 0.306 e. The Hall–Kier alpha value is -1.70. The van der Waals surface area contributed by atoms with E-state index < -0.39 is 12.4 Å². The SMILES string of the molecule is CO[C@@H]1[C@@H](OC)[C@H](C)O[C@@H](O[C@H]2C[C@H]3[C@@H]4C=C5C(=O)[C@H](C)[C@@H](O[C@H]6CC[C@H](N(C)C)[C@@H](C)O6)CCC[C@H]([C@H]6C[C@@H]6C)OC(=O)C[C@H]5[C@@H]4C=C[C@@H]3C2)[C@@H]1OC. The normalized spacial score (nSPS) is 48.3. The number of ether oxygens (including phenoxy) is 8. The van der Waals surface area contributed by atoms with Gasteiger partial charge in [0, 0.05) is 39.2 Å². The predicted molar refractivity (Wildman–Crippen MR) is 201 cm³/mol. The van der Waals surface area contributed by atoms with Gasteiger partial charge in [0.1, 0.15) is 24.4 Å². The lowest BCUT2D eigenvalue weighted by molar-refractivity contribution is -0.314. The van der Waals surface area contributed by atoms with Gasteiger partial charge < -0.3 is 42.8 Å². The first-order valence-electron chi connectivity index (χ1n) is 20.9. The second-order valence-electron chi connectivity index (χ2n) is 17.9. The lowest BCUT2D eigenvalue weighted by Gasteiger charge is -2.44. The van der Waals surface area contributed by atoms with Crippen LogP contribution in [0.5, 0.6) is 0 Å². The molecule has 11 nitrogen and oxygen atoms in total. The van der Waals surface area contributed by atoms with Crippen LogP contribution < -0.4 is 0 Å². The molecule has 0 spiro atoms. The van der Waals surface area contributed by atoms with Crippen LogP contribution in [0.25, 0.3) is 0 Å². The lowest BCUT2D eigenvalue weighted by atomic mass is 9.70. The fraction of sp³-hybridized carbons (Fsp3) is 0.860. The molecule has 0 bridgehead atoms. The smallest absolute Gasteiger partial charge is 0.306 e. The summed E-state index contributed by atoms with van der Waals surface area (Å²) in [6.07, 6.45) is 11.4. The standard InChI is InChI=1S/C43H67NO10/c1-22-17-29(22)36-12-10-11-35(54-38-16-15-34(44(5)6)24(3)50-38)23(2)39(46)33-20-31-28(32(33)21-37(45)53-36)14-13-26-18-27(19-30(26)31)52-43-42(49-9)41(48-8)40(47-7)25(4)51-43/h13-14,20,22-32,34-36,38,40-43H,10-12,15-19,21H2,1-9H3/t22-,23+,24+,25-,26+,27+,28+,29-,30+,31+,32-,34-,35-,36+,38-,40-,41+,42+,43-/m0/s1. The highest BCUT2D eigenvalue weighted by molar-refractivity contribution is 5.99. The number of likely N-dealkylation sites (N-methyl/N-ethyl adjacent to an activating group) is 1. The van der Waals surface area contributed by atoms with Gasteiger partial charge in [0.15, 0.2) is 18.4 Å². The van der Waals surface area contributed by atoms with Gasteiger partial charge in [-0.05, 0) is 120 Å². The van der Waals surface area contributed by atoms with Gasteiger partial charge >= 0.3 is 5.97 Å². The maximum atomic E-state index is 14.8. The molecule has 54 heavy (non-hydrogen) atoms. The predicted octanol–water partition coefficient (Wildman–Crippen LogP) is 5.73. The molecule has 0 aromatic rings. The fourth-order valence-electron chi connectivity index (χ4n) is 11.2. The number of allylic oxidation sites excluding steroid dienone is 4. The van der Waals surface area contributed by atoms with Gasteiger partial charge in [-0.1, -0.05) is 32.1 Å². The number of hydrogen-bond acceptors (Lipinski definition) is 11. The first-order valence-corrected chi connectivity index (χ1v) is 20.9. The number of Topliss-reactive ketones (excluding diaryl/α,β-unsaturated/α-hetero) is 1. The highest BCUT2D eigenvalue weighted by Crippen LogP contribution is 2.54. The summed E-state index contributed by atoms with van der Waals surface area (Å²) >= 11 is 0. The molecule has 3 saturated heterocycles. The summed E-state index contributed by atoms with van der Waals surface area (Å²) in [7, 11) is 9.18. The second kappa shape index (κ2) is 17.0. The first-order chi connectivity index (χ1) is 25.9. The molecular weight excluding hydrogens is 690 g/mol. The molecular formula is C43H67NO10. The third kappa shape index (κ3) is 8.17. The van der Waals surface area contributed by atoms with Crippen LogP contribution in [0.15, 0.2) is 23.8 Å². The van der Waals surface area contributed by atoms with E-state index in [0.717, 1.165) is 56.9 Å². The van der Waals surface area contributed by atoms with Crippen LogP contribution in [0.4, 0.5) is 0 Å². The Bertz CT molecular complexity index is 1390. The third-order valence-electron chi connectivity index (χ3n) is 14.4. The number of methoxy groups -OCH3 is 3. The lowest BCUT2D eigenvalue weighted by Crippen LogP contribution is -2.59. The Kier molecular flexibility index (Phi) is 12.8. The quantitative estimate of drug-likeness (QED) is 0.212. The van der Waals surface area contributed by atoms with E-state index in [0.29, 0.717) is 23.8 Å². The molecule has 7 aliphatic rings. The molecule has 2 saturated carbocycles. The number of esters is 1. The van der Waals surface area contributed by atoms with Crippen molar-refractivity contribution in [1.29, 1.82) is 0 Å². The molecule has 0 amide bonds. The van der Waals surface area contributed by atoms with Gasteiger partial charge in [0.25, 0.3) is 0 Å². The van der Waals surface area contributed by atoms with Crippen molar-refractivity contribution in [2.75, 3.05) is 35.4 Å². The number of carbonyl (C=O) groups is 2. The van der Waals surface area contributed by atoms with E-state index in [9.17, 15) is 9.59 Å². The van der Waals surface area contributed by atoms with E-state index in [-0.39, 0.29) is 96.8 Å². The number of nitrogens with zero attached hydrogens (tertiary/aromatic N) is 1. The average Bonchev–Trinajstić information content (AvgIpc) is 3.54. The minimum atomic E-state index is -0.593. The summed E-state index contributed by atoms with van der Waals surface area (Å²) in [5.41, 5.74) is 0.776. The van der Waals surface area contributed by atoms with Crippen molar-refractivity contribution in [2.24, 2.45) is 47.3 Å². The van der Waals surface area contributed by atoms with Crippen LogP contribution >= 0.6 is 0 Å². The van der Waals surface area contributed by atoms with E-state index in [4.69, 9.17) is 37.9 Å². The van der Waals surface area contributed by atoms with Gasteiger partial charge in [-0.15, -0.1) is 0 Å². The molecule has 0 radical (unpaired) electrons. The Balaban J connectivity index is 1.10. The Morgan fingerprint density at radius 1 is 0.759 bits per heavy atom. The molecule has 0 aromatic carbocycles. The van der Waals surface area contributed by atoms with Crippen molar-refractivity contribution in [3.05, 3.63) is 23.8 Å². The van der Waals surface area contributed by atoms with Crippen LogP contribution in [-0.2, 0) is 47.5 Å². The zero-order chi connectivity index (χ0) is 38.4. The fourth-order valence-corrected chi connectivity index (χ4v) is 11.2. The monoisotopic (exact) mass is 757 g/mol. The maximum absolute atomic E-state index is 14.8. The van der Waals surface area contributed by atoms with E-state index >= 15 is 0 Å². The number of ketones is 1. The number of rotatable bonds is 9. The summed E-state index contributed by atoms with van der Waals surface area (Å²) in [5, 5.41) is 0. The second-order valence-corrected chi connectivity index (χ2v) is 17.9. The molecule has 5 fully saturated rings. The van der Waals surface area contributed by atoms with E-state index in [1.807, 2.05) is 13.8 Å². The zero-order valence-electron chi connectivity index (χ0n) is 34.1. The van der Waals surface area contributed by atoms with Crippen LogP contribution in [0.2, 0.25) is 0 Å². The number of carbonyl (C=O) groups excluding carboxylic acids is 2. The van der Waals surface area contributed by atoms with Crippen LogP contribution in [0.1, 0.15) is 85.5 Å². The number of fused-ring (bicyclic) bond motifs is 5. The van der Waals surface area contributed by atoms with Crippen LogP contribution in [0, 0.1) is 47.3 Å². The van der Waals surface area contributed by atoms with Gasteiger partial charge in [0.05, 0.1) is 30.8 Å². The van der Waals surface area contributed by atoms with Crippen molar-refractivity contribution >= 4 is 11.8 Å². The first kappa shape index (κ1) is 40.5. The van der Waals surface area contributed by atoms with E-state index in [1.165, 1.54) is 0 Å². The summed E-state index contributed by atoms with van der Waals surface area (Å²) in [6.45, 7) is 8.37. The van der Waals surface area contributed by atoms with Crippen LogP contribution in [0.3, 0.4) is 0 Å². The minimum absolute atomic E-state index is 0.0392. The molecule has 11 heteroatoms. The van der Waals surface area contributed by atoms with Gasteiger partial charge in [-0.3, -0.25) is 9.59 Å². The molecule has 0 N–H and O–H groups in total. The van der Waals surface area contributed by atoms with Crippen molar-refractivity contribution in [3.63, 3.8) is 0 Å². The molecule has 7 rings (SSSR count). The molecule has 4 aliphatic carbocycles. The average molecular weight is 758 g/mol. The largest absolute Gasteiger partial charge is 0.462 e.